The van der Waals surface area contributed by atoms with Crippen LogP contribution in [-0.4, -0.2) is 19.0 Å². The number of alkyl halides is 3. The van der Waals surface area contributed by atoms with Gasteiger partial charge in [-0.1, -0.05) is 19.1 Å². The van der Waals surface area contributed by atoms with Crippen molar-refractivity contribution < 1.29 is 22.7 Å². The van der Waals surface area contributed by atoms with Crippen LogP contribution < -0.4 is 0 Å². The summed E-state index contributed by atoms with van der Waals surface area (Å²) in [6, 6.07) is 4.60. The highest BCUT2D eigenvalue weighted by molar-refractivity contribution is 5.82. The molecule has 0 radical (unpaired) electrons. The Hall–Kier alpha value is -1.36. The van der Waals surface area contributed by atoms with E-state index in [0.29, 0.717) is 12.2 Å². The second-order valence-electron chi connectivity index (χ2n) is 3.96. The minimum Gasteiger partial charge on any atom is -0.374 e. The monoisotopic (exact) mass is 260 g/mol. The number of ether oxygens (including phenoxy) is 1. The van der Waals surface area contributed by atoms with E-state index in [-0.39, 0.29) is 18.8 Å². The van der Waals surface area contributed by atoms with E-state index in [9.17, 15) is 18.0 Å². The molecule has 0 saturated carbocycles. The number of hydrogen-bond donors (Lipinski definition) is 0. The van der Waals surface area contributed by atoms with Crippen molar-refractivity contribution in [3.8, 4) is 0 Å². The molecule has 0 aliphatic rings. The number of hydrogen-bond acceptors (Lipinski definition) is 2. The molecule has 0 aliphatic heterocycles. The van der Waals surface area contributed by atoms with Gasteiger partial charge in [-0.2, -0.15) is 13.2 Å². The molecular formula is C13H15F3O2. The van der Waals surface area contributed by atoms with Gasteiger partial charge in [-0.15, -0.1) is 0 Å². The molecule has 0 saturated heterocycles. The van der Waals surface area contributed by atoms with Crippen LogP contribution in [0.2, 0.25) is 0 Å². The maximum absolute atomic E-state index is 12.3. The Morgan fingerprint density at radius 2 is 1.83 bits per heavy atom. The van der Waals surface area contributed by atoms with Gasteiger partial charge < -0.3 is 4.74 Å². The van der Waals surface area contributed by atoms with Gasteiger partial charge in [-0.25, -0.2) is 0 Å². The highest BCUT2D eigenvalue weighted by Crippen LogP contribution is 2.29. The Kier molecular flexibility index (Phi) is 5.34. The van der Waals surface area contributed by atoms with Crippen LogP contribution in [0, 0.1) is 0 Å². The zero-order valence-corrected chi connectivity index (χ0v) is 10.1. The third-order valence-electron chi connectivity index (χ3n) is 2.29. The van der Waals surface area contributed by atoms with Gasteiger partial charge in [0.15, 0.2) is 5.78 Å². The second-order valence-corrected chi connectivity index (χ2v) is 3.96. The van der Waals surface area contributed by atoms with E-state index in [4.69, 9.17) is 4.74 Å². The Labute approximate surface area is 104 Å². The number of halogens is 3. The fraction of sp³-hybridized carbons (Fsp3) is 0.462. The van der Waals surface area contributed by atoms with Crippen molar-refractivity contribution in [3.05, 3.63) is 35.4 Å². The van der Waals surface area contributed by atoms with E-state index in [1.54, 1.807) is 0 Å². The highest BCUT2D eigenvalue weighted by Gasteiger charge is 2.29. The molecule has 0 bridgehead atoms. The molecule has 0 amide bonds. The molecule has 5 heteroatoms. The first-order valence-corrected chi connectivity index (χ1v) is 5.69. The predicted octanol–water partition coefficient (Wildman–Crippen LogP) is 3.24. The summed E-state index contributed by atoms with van der Waals surface area (Å²) in [5.74, 6) is -0.136. The Morgan fingerprint density at radius 3 is 2.33 bits per heavy atom. The third kappa shape index (κ3) is 4.87. The van der Waals surface area contributed by atoms with Crippen molar-refractivity contribution in [1.29, 1.82) is 0 Å². The topological polar surface area (TPSA) is 26.3 Å². The lowest BCUT2D eigenvalue weighted by Gasteiger charge is -2.07. The van der Waals surface area contributed by atoms with Gasteiger partial charge in [0.1, 0.15) is 6.61 Å². The summed E-state index contributed by atoms with van der Waals surface area (Å²) in [4.78, 5) is 11.4. The fourth-order valence-electron chi connectivity index (χ4n) is 1.42. The van der Waals surface area contributed by atoms with Crippen molar-refractivity contribution in [2.75, 3.05) is 13.2 Å². The van der Waals surface area contributed by atoms with Gasteiger partial charge in [0.25, 0.3) is 0 Å². The average Bonchev–Trinajstić information content (AvgIpc) is 2.29. The van der Waals surface area contributed by atoms with Crippen LogP contribution in [0.3, 0.4) is 0 Å². The smallest absolute Gasteiger partial charge is 0.374 e. The second kappa shape index (κ2) is 6.54. The van der Waals surface area contributed by atoms with Crippen LogP contribution in [0.5, 0.6) is 0 Å². The molecule has 0 N–H and O–H groups in total. The van der Waals surface area contributed by atoms with Crippen molar-refractivity contribution >= 4 is 5.78 Å². The summed E-state index contributed by atoms with van der Waals surface area (Å²) < 4.78 is 42.0. The normalized spacial score (nSPS) is 11.6. The molecule has 0 unspecified atom stereocenters. The SMILES string of the molecule is CCCOCC(=O)Cc1ccc(C(F)(F)F)cc1. The summed E-state index contributed by atoms with van der Waals surface area (Å²) in [6.07, 6.45) is -3.41. The number of carbonyl (C=O) groups excluding carboxylic acids is 1. The molecule has 0 heterocycles. The van der Waals surface area contributed by atoms with Crippen molar-refractivity contribution in [2.24, 2.45) is 0 Å². The molecule has 0 fully saturated rings. The molecule has 1 rings (SSSR count). The van der Waals surface area contributed by atoms with Crippen LogP contribution >= 0.6 is 0 Å². The molecular weight excluding hydrogens is 245 g/mol. The summed E-state index contributed by atoms with van der Waals surface area (Å²) in [5.41, 5.74) is -0.144. The summed E-state index contributed by atoms with van der Waals surface area (Å²) >= 11 is 0. The fourth-order valence-corrected chi connectivity index (χ4v) is 1.42. The van der Waals surface area contributed by atoms with E-state index in [0.717, 1.165) is 18.6 Å². The summed E-state index contributed by atoms with van der Waals surface area (Å²) in [6.45, 7) is 2.45. The van der Waals surface area contributed by atoms with Gasteiger partial charge >= 0.3 is 6.18 Å². The molecule has 0 aliphatic carbocycles. The molecule has 18 heavy (non-hydrogen) atoms. The van der Waals surface area contributed by atoms with Crippen molar-refractivity contribution in [3.63, 3.8) is 0 Å². The standard InChI is InChI=1S/C13H15F3O2/c1-2-7-18-9-12(17)8-10-3-5-11(6-4-10)13(14,15)16/h3-6H,2,7-9H2,1H3. The van der Waals surface area contributed by atoms with Crippen molar-refractivity contribution in [1.82, 2.24) is 0 Å². The minimum atomic E-state index is -4.34. The Balaban J connectivity index is 2.51. The van der Waals surface area contributed by atoms with Gasteiger partial charge in [0.2, 0.25) is 0 Å². The summed E-state index contributed by atoms with van der Waals surface area (Å²) in [7, 11) is 0. The number of benzene rings is 1. The van der Waals surface area contributed by atoms with Crippen LogP contribution in [0.25, 0.3) is 0 Å². The van der Waals surface area contributed by atoms with Crippen molar-refractivity contribution in [2.45, 2.75) is 25.9 Å². The van der Waals surface area contributed by atoms with Gasteiger partial charge in [0, 0.05) is 13.0 Å². The maximum atomic E-state index is 12.3. The molecule has 0 spiro atoms. The first kappa shape index (κ1) is 14.7. The number of carbonyl (C=O) groups is 1. The summed E-state index contributed by atoms with van der Waals surface area (Å²) in [5, 5.41) is 0. The van der Waals surface area contributed by atoms with E-state index in [1.807, 2.05) is 6.92 Å². The third-order valence-corrected chi connectivity index (χ3v) is 2.29. The number of ketones is 1. The molecule has 0 atom stereocenters. The highest BCUT2D eigenvalue weighted by atomic mass is 19.4. The van der Waals surface area contributed by atoms with E-state index >= 15 is 0 Å². The average molecular weight is 260 g/mol. The minimum absolute atomic E-state index is 0.00879. The van der Waals surface area contributed by atoms with E-state index in [1.165, 1.54) is 12.1 Å². The van der Waals surface area contributed by atoms with Gasteiger partial charge in [-0.05, 0) is 24.1 Å². The van der Waals surface area contributed by atoms with Crippen LogP contribution in [0.1, 0.15) is 24.5 Å². The van der Waals surface area contributed by atoms with Crippen LogP contribution in [0.15, 0.2) is 24.3 Å². The molecule has 2 nitrogen and oxygen atoms in total. The van der Waals surface area contributed by atoms with E-state index in [2.05, 4.69) is 0 Å². The first-order chi connectivity index (χ1) is 8.43. The zero-order chi connectivity index (χ0) is 13.6. The Bertz CT molecular complexity index is 382. The van der Waals surface area contributed by atoms with E-state index < -0.39 is 11.7 Å². The van der Waals surface area contributed by atoms with Crippen LogP contribution in [0.4, 0.5) is 13.2 Å². The van der Waals surface area contributed by atoms with Gasteiger partial charge in [-0.3, -0.25) is 4.79 Å². The lowest BCUT2D eigenvalue weighted by atomic mass is 10.1. The molecule has 0 aromatic heterocycles. The zero-order valence-electron chi connectivity index (χ0n) is 10.1. The van der Waals surface area contributed by atoms with Gasteiger partial charge in [0.05, 0.1) is 5.56 Å². The first-order valence-electron chi connectivity index (χ1n) is 5.69. The molecule has 1 aromatic carbocycles. The quantitative estimate of drug-likeness (QED) is 0.734. The van der Waals surface area contributed by atoms with Crippen LogP contribution in [-0.2, 0) is 22.1 Å². The predicted molar refractivity (Wildman–Crippen MR) is 61.3 cm³/mol. The lowest BCUT2D eigenvalue weighted by molar-refractivity contribution is -0.137. The maximum Gasteiger partial charge on any atom is 0.416 e. The largest absolute Gasteiger partial charge is 0.416 e. The lowest BCUT2D eigenvalue weighted by Crippen LogP contribution is -2.12. The number of Topliss-reactive ketones (excluding diaryl/α,β-unsaturated/α-hetero) is 1. The molecule has 100 valence electrons. The number of rotatable bonds is 6. The Morgan fingerprint density at radius 1 is 1.22 bits per heavy atom. The molecule has 1 aromatic rings.